The molecule has 0 fully saturated rings. The molecule has 0 aliphatic carbocycles. The van der Waals surface area contributed by atoms with Crippen molar-refractivity contribution in [2.45, 2.75) is 0 Å². The summed E-state index contributed by atoms with van der Waals surface area (Å²) in [6.07, 6.45) is 1.46. The first-order valence-corrected chi connectivity index (χ1v) is 5.39. The molecule has 84 valence electrons. The first kappa shape index (κ1) is 11.1. The number of benzene rings is 2. The summed E-state index contributed by atoms with van der Waals surface area (Å²) in [6, 6.07) is 19.5. The third-order valence-electron chi connectivity index (χ3n) is 2.46. The molecule has 2 rings (SSSR count). The Hall–Kier alpha value is -2.35. The van der Waals surface area contributed by atoms with Gasteiger partial charge < -0.3 is 5.73 Å². The fourth-order valence-electron chi connectivity index (χ4n) is 1.71. The van der Waals surface area contributed by atoms with E-state index in [1.807, 2.05) is 60.7 Å². The number of hydrogen-bond acceptors (Lipinski definition) is 1. The van der Waals surface area contributed by atoms with Gasteiger partial charge in [-0.1, -0.05) is 60.7 Å². The minimum atomic E-state index is -0.437. The van der Waals surface area contributed by atoms with Gasteiger partial charge in [0.25, 0.3) is 0 Å². The van der Waals surface area contributed by atoms with Crippen LogP contribution in [0.1, 0.15) is 11.1 Å². The van der Waals surface area contributed by atoms with Crippen LogP contribution >= 0.6 is 0 Å². The maximum absolute atomic E-state index is 11.1. The van der Waals surface area contributed by atoms with Crippen LogP contribution in [0.3, 0.4) is 0 Å². The van der Waals surface area contributed by atoms with Crippen molar-refractivity contribution in [2.24, 2.45) is 5.73 Å². The number of rotatable bonds is 3. The van der Waals surface area contributed by atoms with Gasteiger partial charge in [-0.3, -0.25) is 4.79 Å². The van der Waals surface area contributed by atoms with Gasteiger partial charge in [-0.2, -0.15) is 0 Å². The predicted molar refractivity (Wildman–Crippen MR) is 69.2 cm³/mol. The molecule has 0 aliphatic rings. The lowest BCUT2D eigenvalue weighted by Gasteiger charge is -2.07. The molecule has 0 atom stereocenters. The number of primary amides is 1. The first-order valence-electron chi connectivity index (χ1n) is 5.39. The Bertz CT molecular complexity index is 488. The lowest BCUT2D eigenvalue weighted by Crippen LogP contribution is -2.07. The van der Waals surface area contributed by atoms with E-state index in [9.17, 15) is 4.79 Å². The number of carbonyl (C=O) groups is 1. The van der Waals surface area contributed by atoms with E-state index in [0.29, 0.717) is 0 Å². The van der Waals surface area contributed by atoms with E-state index in [4.69, 9.17) is 5.73 Å². The molecule has 0 unspecified atom stereocenters. The Balaban J connectivity index is 2.51. The SMILES string of the molecule is NC(=O)C=C(c1ccccc1)c1ccccc1. The molecule has 2 nitrogen and oxygen atoms in total. The van der Waals surface area contributed by atoms with Gasteiger partial charge >= 0.3 is 0 Å². The summed E-state index contributed by atoms with van der Waals surface area (Å²) < 4.78 is 0. The van der Waals surface area contributed by atoms with E-state index in [-0.39, 0.29) is 0 Å². The molecule has 0 saturated heterocycles. The van der Waals surface area contributed by atoms with Crippen LogP contribution in [0, 0.1) is 0 Å². The Morgan fingerprint density at radius 3 is 1.59 bits per heavy atom. The lowest BCUT2D eigenvalue weighted by molar-refractivity contribution is -0.113. The summed E-state index contributed by atoms with van der Waals surface area (Å²) in [5, 5.41) is 0. The van der Waals surface area contributed by atoms with Gasteiger partial charge in [0.05, 0.1) is 0 Å². The van der Waals surface area contributed by atoms with Crippen LogP contribution in [-0.2, 0) is 4.79 Å². The molecule has 0 spiro atoms. The zero-order valence-electron chi connectivity index (χ0n) is 9.34. The Morgan fingerprint density at radius 2 is 1.24 bits per heavy atom. The van der Waals surface area contributed by atoms with Crippen molar-refractivity contribution in [3.05, 3.63) is 77.9 Å². The molecule has 0 heterocycles. The van der Waals surface area contributed by atoms with Gasteiger partial charge in [0.2, 0.25) is 5.91 Å². The molecular formula is C15H13NO. The van der Waals surface area contributed by atoms with E-state index in [0.717, 1.165) is 16.7 Å². The Labute approximate surface area is 100 Å². The summed E-state index contributed by atoms with van der Waals surface area (Å²) in [5.74, 6) is -0.437. The molecule has 0 saturated carbocycles. The van der Waals surface area contributed by atoms with Crippen LogP contribution in [0.5, 0.6) is 0 Å². The molecule has 2 aromatic carbocycles. The van der Waals surface area contributed by atoms with Gasteiger partial charge in [-0.05, 0) is 16.7 Å². The number of amides is 1. The molecule has 0 bridgehead atoms. The smallest absolute Gasteiger partial charge is 0.242 e. The molecule has 0 aromatic heterocycles. The highest BCUT2D eigenvalue weighted by Gasteiger charge is 2.05. The molecular weight excluding hydrogens is 210 g/mol. The third-order valence-corrected chi connectivity index (χ3v) is 2.46. The number of nitrogens with two attached hydrogens (primary N) is 1. The van der Waals surface area contributed by atoms with Crippen LogP contribution in [-0.4, -0.2) is 5.91 Å². The molecule has 1 amide bonds. The number of hydrogen-bond donors (Lipinski definition) is 1. The molecule has 17 heavy (non-hydrogen) atoms. The fraction of sp³-hybridized carbons (Fsp3) is 0. The van der Waals surface area contributed by atoms with Crippen LogP contribution in [0.15, 0.2) is 66.7 Å². The summed E-state index contributed by atoms with van der Waals surface area (Å²) in [6.45, 7) is 0. The highest BCUT2D eigenvalue weighted by Crippen LogP contribution is 2.22. The second kappa shape index (κ2) is 5.12. The monoisotopic (exact) mass is 223 g/mol. The summed E-state index contributed by atoms with van der Waals surface area (Å²) in [7, 11) is 0. The van der Waals surface area contributed by atoms with E-state index >= 15 is 0 Å². The number of carbonyl (C=O) groups excluding carboxylic acids is 1. The van der Waals surface area contributed by atoms with Crippen molar-refractivity contribution < 1.29 is 4.79 Å². The molecule has 2 N–H and O–H groups in total. The zero-order valence-corrected chi connectivity index (χ0v) is 9.34. The summed E-state index contributed by atoms with van der Waals surface area (Å²) >= 11 is 0. The van der Waals surface area contributed by atoms with Gasteiger partial charge in [0, 0.05) is 6.08 Å². The standard InChI is InChI=1S/C15H13NO/c16-15(17)11-14(12-7-3-1-4-8-12)13-9-5-2-6-10-13/h1-11H,(H2,16,17). The first-order chi connectivity index (χ1) is 8.27. The van der Waals surface area contributed by atoms with E-state index < -0.39 is 5.91 Å². The zero-order chi connectivity index (χ0) is 12.1. The quantitative estimate of drug-likeness (QED) is 0.798. The molecule has 0 radical (unpaired) electrons. The van der Waals surface area contributed by atoms with E-state index in [1.54, 1.807) is 0 Å². The van der Waals surface area contributed by atoms with Crippen molar-refractivity contribution in [1.29, 1.82) is 0 Å². The molecule has 0 aliphatic heterocycles. The largest absolute Gasteiger partial charge is 0.366 e. The van der Waals surface area contributed by atoms with Crippen molar-refractivity contribution in [3.8, 4) is 0 Å². The molecule has 2 heteroatoms. The van der Waals surface area contributed by atoms with Gasteiger partial charge in [0.1, 0.15) is 0 Å². The Kier molecular flexibility index (Phi) is 3.36. The topological polar surface area (TPSA) is 43.1 Å². The Morgan fingerprint density at radius 1 is 0.824 bits per heavy atom. The summed E-state index contributed by atoms with van der Waals surface area (Å²) in [4.78, 5) is 11.1. The molecule has 2 aromatic rings. The van der Waals surface area contributed by atoms with Crippen molar-refractivity contribution >= 4 is 11.5 Å². The van der Waals surface area contributed by atoms with Crippen LogP contribution in [0.2, 0.25) is 0 Å². The highest BCUT2D eigenvalue weighted by molar-refractivity contribution is 5.98. The summed E-state index contributed by atoms with van der Waals surface area (Å²) in [5.41, 5.74) is 8.07. The average molecular weight is 223 g/mol. The van der Waals surface area contributed by atoms with Gasteiger partial charge in [-0.25, -0.2) is 0 Å². The van der Waals surface area contributed by atoms with E-state index in [2.05, 4.69) is 0 Å². The predicted octanol–water partition coefficient (Wildman–Crippen LogP) is 2.60. The highest BCUT2D eigenvalue weighted by atomic mass is 16.1. The van der Waals surface area contributed by atoms with E-state index in [1.165, 1.54) is 6.08 Å². The van der Waals surface area contributed by atoms with Crippen molar-refractivity contribution in [3.63, 3.8) is 0 Å². The van der Waals surface area contributed by atoms with Crippen LogP contribution in [0.25, 0.3) is 5.57 Å². The minimum absolute atomic E-state index is 0.437. The normalized spacial score (nSPS) is 9.65. The lowest BCUT2D eigenvalue weighted by atomic mass is 9.97. The second-order valence-electron chi connectivity index (χ2n) is 3.69. The maximum Gasteiger partial charge on any atom is 0.242 e. The third kappa shape index (κ3) is 2.82. The van der Waals surface area contributed by atoms with Crippen molar-refractivity contribution in [1.82, 2.24) is 0 Å². The second-order valence-corrected chi connectivity index (χ2v) is 3.69. The van der Waals surface area contributed by atoms with Gasteiger partial charge in [0.15, 0.2) is 0 Å². The fourth-order valence-corrected chi connectivity index (χ4v) is 1.71. The van der Waals surface area contributed by atoms with Crippen molar-refractivity contribution in [2.75, 3.05) is 0 Å². The maximum atomic E-state index is 11.1. The average Bonchev–Trinajstić information content (AvgIpc) is 2.38. The van der Waals surface area contributed by atoms with Gasteiger partial charge in [-0.15, -0.1) is 0 Å². The minimum Gasteiger partial charge on any atom is -0.366 e. The van der Waals surface area contributed by atoms with Crippen LogP contribution < -0.4 is 5.73 Å². The van der Waals surface area contributed by atoms with Crippen LogP contribution in [0.4, 0.5) is 0 Å².